The van der Waals surface area contributed by atoms with E-state index < -0.39 is 18.5 Å². The second-order valence-corrected chi connectivity index (χ2v) is 3.12. The van der Waals surface area contributed by atoms with Crippen molar-refractivity contribution in [3.63, 3.8) is 0 Å². The Morgan fingerprint density at radius 3 is 2.56 bits per heavy atom. The zero-order chi connectivity index (χ0) is 12.3. The lowest BCUT2D eigenvalue weighted by atomic mass is 10.3. The molecule has 0 bridgehead atoms. The van der Waals surface area contributed by atoms with Gasteiger partial charge in [0.2, 0.25) is 0 Å². The number of aryl methyl sites for hydroxylation is 2. The molecule has 2 N–H and O–H groups in total. The molecule has 0 aliphatic rings. The van der Waals surface area contributed by atoms with Gasteiger partial charge in [-0.25, -0.2) is 9.59 Å². The number of nitrogens with two attached hydrogens (primary N) is 1. The van der Waals surface area contributed by atoms with Gasteiger partial charge in [0, 0.05) is 7.05 Å². The minimum Gasteiger partial charge on any atom is -0.466 e. The summed E-state index contributed by atoms with van der Waals surface area (Å²) in [5.41, 5.74) is 6.55. The van der Waals surface area contributed by atoms with Crippen LogP contribution in [-0.4, -0.2) is 35.4 Å². The minimum absolute atomic E-state index is 0.126. The molecule has 7 nitrogen and oxygen atoms in total. The molecule has 0 saturated heterocycles. The van der Waals surface area contributed by atoms with Crippen molar-refractivity contribution in [2.24, 2.45) is 7.05 Å². The van der Waals surface area contributed by atoms with Crippen LogP contribution in [0.25, 0.3) is 0 Å². The van der Waals surface area contributed by atoms with E-state index in [0.717, 1.165) is 0 Å². The van der Waals surface area contributed by atoms with Gasteiger partial charge in [-0.15, -0.1) is 0 Å². The fraction of sp³-hybridized carbons (Fsp3) is 0.444. The molecule has 88 valence electrons. The number of anilines is 1. The first-order valence-electron chi connectivity index (χ1n) is 4.50. The monoisotopic (exact) mass is 227 g/mol. The molecule has 1 aromatic rings. The van der Waals surface area contributed by atoms with Crippen LogP contribution in [0.3, 0.4) is 0 Å². The minimum atomic E-state index is -0.703. The molecule has 7 heteroatoms. The van der Waals surface area contributed by atoms with Gasteiger partial charge in [0.25, 0.3) is 0 Å². The first kappa shape index (κ1) is 12.0. The fourth-order valence-electron chi connectivity index (χ4n) is 1.17. The van der Waals surface area contributed by atoms with Gasteiger partial charge in [0.15, 0.2) is 12.3 Å². The number of carbonyl (C=O) groups is 2. The number of nitrogen functional groups attached to an aromatic ring is 1. The number of aromatic nitrogens is 2. The molecule has 0 amide bonds. The Balaban J connectivity index is 2.77. The third-order valence-electron chi connectivity index (χ3n) is 2.01. The normalized spacial score (nSPS) is 9.94. The van der Waals surface area contributed by atoms with E-state index in [9.17, 15) is 9.59 Å². The first-order valence-corrected chi connectivity index (χ1v) is 4.50. The van der Waals surface area contributed by atoms with Crippen LogP contribution in [0.1, 0.15) is 16.2 Å². The van der Waals surface area contributed by atoms with E-state index in [4.69, 9.17) is 10.5 Å². The van der Waals surface area contributed by atoms with Crippen LogP contribution in [0.4, 0.5) is 5.69 Å². The molecule has 0 aromatic carbocycles. The SMILES string of the molecule is COC(=O)COC(=O)c1c(N)c(C)nn1C. The van der Waals surface area contributed by atoms with E-state index in [0.29, 0.717) is 5.69 Å². The molecule has 16 heavy (non-hydrogen) atoms. The summed E-state index contributed by atoms with van der Waals surface area (Å²) in [5.74, 6) is -1.34. The van der Waals surface area contributed by atoms with E-state index in [-0.39, 0.29) is 11.4 Å². The van der Waals surface area contributed by atoms with Crippen LogP contribution in [0, 0.1) is 6.92 Å². The first-order chi connectivity index (χ1) is 7.47. The molecule has 0 fully saturated rings. The van der Waals surface area contributed by atoms with Crippen molar-refractivity contribution in [3.8, 4) is 0 Å². The maximum Gasteiger partial charge on any atom is 0.359 e. The third-order valence-corrected chi connectivity index (χ3v) is 2.01. The van der Waals surface area contributed by atoms with Crippen molar-refractivity contribution in [3.05, 3.63) is 11.4 Å². The van der Waals surface area contributed by atoms with Gasteiger partial charge in [-0.2, -0.15) is 5.10 Å². The molecular formula is C9H13N3O4. The lowest BCUT2D eigenvalue weighted by Gasteiger charge is -2.04. The summed E-state index contributed by atoms with van der Waals surface area (Å²) in [7, 11) is 2.77. The highest BCUT2D eigenvalue weighted by atomic mass is 16.6. The number of ether oxygens (including phenoxy) is 2. The molecule has 0 aliphatic heterocycles. The number of hydrogen-bond acceptors (Lipinski definition) is 6. The van der Waals surface area contributed by atoms with Crippen LogP contribution >= 0.6 is 0 Å². The average molecular weight is 227 g/mol. The number of hydrogen-bond donors (Lipinski definition) is 1. The molecule has 0 atom stereocenters. The number of methoxy groups -OCH3 is 1. The van der Waals surface area contributed by atoms with Crippen LogP contribution in [-0.2, 0) is 21.3 Å². The van der Waals surface area contributed by atoms with E-state index in [1.807, 2.05) is 0 Å². The summed E-state index contributed by atoms with van der Waals surface area (Å²) in [6.45, 7) is 1.23. The van der Waals surface area contributed by atoms with Gasteiger partial charge < -0.3 is 15.2 Å². The highest BCUT2D eigenvalue weighted by molar-refractivity contribution is 5.94. The van der Waals surface area contributed by atoms with Crippen molar-refractivity contribution in [2.75, 3.05) is 19.5 Å². The van der Waals surface area contributed by atoms with Gasteiger partial charge in [-0.1, -0.05) is 0 Å². The van der Waals surface area contributed by atoms with E-state index in [1.165, 1.54) is 11.8 Å². The summed E-state index contributed by atoms with van der Waals surface area (Å²) in [6, 6.07) is 0. The lowest BCUT2D eigenvalue weighted by molar-refractivity contribution is -0.144. The lowest BCUT2D eigenvalue weighted by Crippen LogP contribution is -2.18. The largest absolute Gasteiger partial charge is 0.466 e. The maximum absolute atomic E-state index is 11.5. The molecule has 0 spiro atoms. The molecule has 0 saturated carbocycles. The molecule has 1 rings (SSSR count). The molecule has 0 radical (unpaired) electrons. The van der Waals surface area contributed by atoms with E-state index in [2.05, 4.69) is 9.84 Å². The Labute approximate surface area is 92.1 Å². The predicted octanol–water partition coefficient (Wildman–Crippen LogP) is -0.359. The highest BCUT2D eigenvalue weighted by Crippen LogP contribution is 2.15. The van der Waals surface area contributed by atoms with Gasteiger partial charge >= 0.3 is 11.9 Å². The topological polar surface area (TPSA) is 96.4 Å². The molecule has 0 unspecified atom stereocenters. The van der Waals surface area contributed by atoms with Crippen molar-refractivity contribution in [1.82, 2.24) is 9.78 Å². The quantitative estimate of drug-likeness (QED) is 0.708. The second-order valence-electron chi connectivity index (χ2n) is 3.12. The second kappa shape index (κ2) is 4.65. The zero-order valence-corrected chi connectivity index (χ0v) is 9.31. The Morgan fingerprint density at radius 2 is 2.12 bits per heavy atom. The standard InChI is InChI=1S/C9H13N3O4/c1-5-7(10)8(12(2)11-5)9(14)16-4-6(13)15-3/h4,10H2,1-3H3. The van der Waals surface area contributed by atoms with Crippen molar-refractivity contribution < 1.29 is 19.1 Å². The van der Waals surface area contributed by atoms with E-state index in [1.54, 1.807) is 14.0 Å². The number of carbonyl (C=O) groups excluding carboxylic acids is 2. The summed E-state index contributed by atoms with van der Waals surface area (Å²) >= 11 is 0. The maximum atomic E-state index is 11.5. The van der Waals surface area contributed by atoms with Gasteiger partial charge in [0.05, 0.1) is 18.5 Å². The molecule has 0 aliphatic carbocycles. The van der Waals surface area contributed by atoms with Crippen molar-refractivity contribution in [2.45, 2.75) is 6.92 Å². The fourth-order valence-corrected chi connectivity index (χ4v) is 1.17. The molecule has 1 heterocycles. The van der Waals surface area contributed by atoms with Crippen molar-refractivity contribution in [1.29, 1.82) is 0 Å². The summed E-state index contributed by atoms with van der Waals surface area (Å²) in [4.78, 5) is 22.3. The average Bonchev–Trinajstić information content (AvgIpc) is 2.49. The number of nitrogens with zero attached hydrogens (tertiary/aromatic N) is 2. The Hall–Kier alpha value is -2.05. The number of rotatable bonds is 3. The van der Waals surface area contributed by atoms with Gasteiger partial charge in [-0.05, 0) is 6.92 Å². The summed E-state index contributed by atoms with van der Waals surface area (Å²) in [5, 5.41) is 3.95. The van der Waals surface area contributed by atoms with Crippen LogP contribution in [0.2, 0.25) is 0 Å². The van der Waals surface area contributed by atoms with Crippen LogP contribution in [0.5, 0.6) is 0 Å². The Morgan fingerprint density at radius 1 is 1.50 bits per heavy atom. The Bertz CT molecular complexity index is 425. The third kappa shape index (κ3) is 2.30. The van der Waals surface area contributed by atoms with Crippen LogP contribution in [0.15, 0.2) is 0 Å². The highest BCUT2D eigenvalue weighted by Gasteiger charge is 2.20. The van der Waals surface area contributed by atoms with E-state index >= 15 is 0 Å². The summed E-state index contributed by atoms with van der Waals surface area (Å²) < 4.78 is 10.3. The molecular weight excluding hydrogens is 214 g/mol. The molecule has 1 aromatic heterocycles. The number of esters is 2. The predicted molar refractivity (Wildman–Crippen MR) is 54.7 cm³/mol. The van der Waals surface area contributed by atoms with Crippen molar-refractivity contribution >= 4 is 17.6 Å². The van der Waals surface area contributed by atoms with Gasteiger partial charge in [0.1, 0.15) is 0 Å². The smallest absolute Gasteiger partial charge is 0.359 e. The van der Waals surface area contributed by atoms with Crippen LogP contribution < -0.4 is 5.73 Å². The van der Waals surface area contributed by atoms with Gasteiger partial charge in [-0.3, -0.25) is 4.68 Å². The summed E-state index contributed by atoms with van der Waals surface area (Å²) in [6.07, 6.45) is 0. The zero-order valence-electron chi connectivity index (χ0n) is 9.31. The Kier molecular flexibility index (Phi) is 3.49.